The molecule has 1 atom stereocenters. The highest BCUT2D eigenvalue weighted by Gasteiger charge is 2.43. The minimum atomic E-state index is -0.517. The van der Waals surface area contributed by atoms with Gasteiger partial charge in [0.15, 0.2) is 5.37 Å². The summed E-state index contributed by atoms with van der Waals surface area (Å²) in [5.41, 5.74) is 2.67. The van der Waals surface area contributed by atoms with Crippen molar-refractivity contribution in [2.45, 2.75) is 19.2 Å². The highest BCUT2D eigenvalue weighted by molar-refractivity contribution is 8.16. The van der Waals surface area contributed by atoms with Crippen molar-refractivity contribution in [2.75, 3.05) is 16.3 Å². The van der Waals surface area contributed by atoms with Gasteiger partial charge in [-0.2, -0.15) is 0 Å². The Hall–Kier alpha value is -2.27. The number of anilines is 2. The van der Waals surface area contributed by atoms with Crippen molar-refractivity contribution in [3.63, 3.8) is 0 Å². The lowest BCUT2D eigenvalue weighted by molar-refractivity contribution is -0.117. The molecule has 2 aromatic carbocycles. The second kappa shape index (κ2) is 6.46. The molecule has 2 aromatic rings. The van der Waals surface area contributed by atoms with Gasteiger partial charge in [0, 0.05) is 12.2 Å². The summed E-state index contributed by atoms with van der Waals surface area (Å²) in [6.07, 6.45) is 0. The molecule has 4 nitrogen and oxygen atoms in total. The van der Waals surface area contributed by atoms with Gasteiger partial charge >= 0.3 is 0 Å². The standard InChI is InChI=1S/C18H18N2O2S/c1-3-19(14-7-5-4-6-8-14)17-16(21)20(18(22)23-17)15-11-9-13(2)10-12-15/h4-12,17H,3H2,1-2H3. The van der Waals surface area contributed by atoms with Crippen LogP contribution >= 0.6 is 11.8 Å². The number of thioether (sulfide) groups is 1. The molecule has 1 aliphatic rings. The Bertz CT molecular complexity index is 716. The van der Waals surface area contributed by atoms with Gasteiger partial charge in [-0.25, -0.2) is 4.90 Å². The number of aryl methyl sites for hydroxylation is 1. The van der Waals surface area contributed by atoms with Crippen LogP contribution in [0, 0.1) is 6.92 Å². The Kier molecular flexibility index (Phi) is 4.39. The van der Waals surface area contributed by atoms with Gasteiger partial charge in [-0.05, 0) is 49.9 Å². The smallest absolute Gasteiger partial charge is 0.295 e. The molecule has 23 heavy (non-hydrogen) atoms. The maximum Gasteiger partial charge on any atom is 0.295 e. The van der Waals surface area contributed by atoms with Crippen molar-refractivity contribution in [3.05, 3.63) is 60.2 Å². The minimum Gasteiger partial charge on any atom is -0.351 e. The molecule has 0 aromatic heterocycles. The second-order valence-electron chi connectivity index (χ2n) is 5.37. The van der Waals surface area contributed by atoms with Gasteiger partial charge in [0.25, 0.3) is 11.1 Å². The van der Waals surface area contributed by atoms with Crippen molar-refractivity contribution >= 4 is 34.3 Å². The zero-order chi connectivity index (χ0) is 16.4. The lowest BCUT2D eigenvalue weighted by atomic mass is 10.2. The summed E-state index contributed by atoms with van der Waals surface area (Å²) in [4.78, 5) is 28.4. The average molecular weight is 326 g/mol. The predicted octanol–water partition coefficient (Wildman–Crippen LogP) is 4.05. The first-order valence-corrected chi connectivity index (χ1v) is 8.42. The number of likely N-dealkylation sites (N-methyl/N-ethyl adjacent to an activating group) is 1. The van der Waals surface area contributed by atoms with Crippen LogP contribution in [0.25, 0.3) is 0 Å². The maximum atomic E-state index is 12.8. The van der Waals surface area contributed by atoms with E-state index in [2.05, 4.69) is 0 Å². The number of carbonyl (C=O) groups is 2. The quantitative estimate of drug-likeness (QED) is 0.850. The van der Waals surface area contributed by atoms with Gasteiger partial charge in [-0.1, -0.05) is 35.9 Å². The molecule has 0 bridgehead atoms. The van der Waals surface area contributed by atoms with E-state index >= 15 is 0 Å². The number of rotatable bonds is 4. The van der Waals surface area contributed by atoms with Gasteiger partial charge in [0.2, 0.25) is 0 Å². The highest BCUT2D eigenvalue weighted by Crippen LogP contribution is 2.35. The van der Waals surface area contributed by atoms with Crippen LogP contribution in [-0.4, -0.2) is 23.1 Å². The fourth-order valence-electron chi connectivity index (χ4n) is 2.63. The van der Waals surface area contributed by atoms with Gasteiger partial charge in [-0.15, -0.1) is 0 Å². The van der Waals surface area contributed by atoms with Crippen LogP contribution in [0.15, 0.2) is 54.6 Å². The van der Waals surface area contributed by atoms with Crippen LogP contribution < -0.4 is 9.80 Å². The summed E-state index contributed by atoms with van der Waals surface area (Å²) in [5.74, 6) is -0.186. The fraction of sp³-hybridized carbons (Fsp3) is 0.222. The van der Waals surface area contributed by atoms with Crippen LogP contribution in [0.1, 0.15) is 12.5 Å². The summed E-state index contributed by atoms with van der Waals surface area (Å²) in [6, 6.07) is 17.1. The number of imide groups is 1. The third-order valence-electron chi connectivity index (χ3n) is 3.83. The van der Waals surface area contributed by atoms with E-state index < -0.39 is 5.37 Å². The SMILES string of the molecule is CCN(c1ccccc1)C1SC(=O)N(c2ccc(C)cc2)C1=O. The first kappa shape index (κ1) is 15.6. The minimum absolute atomic E-state index is 0.186. The van der Waals surface area contributed by atoms with E-state index in [0.29, 0.717) is 12.2 Å². The van der Waals surface area contributed by atoms with Crippen LogP contribution in [0.3, 0.4) is 0 Å². The molecule has 0 aliphatic carbocycles. The maximum absolute atomic E-state index is 12.8. The number of benzene rings is 2. The largest absolute Gasteiger partial charge is 0.351 e. The monoisotopic (exact) mass is 326 g/mol. The molecule has 118 valence electrons. The molecular weight excluding hydrogens is 308 g/mol. The lowest BCUT2D eigenvalue weighted by Gasteiger charge is -2.27. The topological polar surface area (TPSA) is 40.6 Å². The van der Waals surface area contributed by atoms with E-state index in [9.17, 15) is 9.59 Å². The van der Waals surface area contributed by atoms with Crippen LogP contribution in [-0.2, 0) is 4.79 Å². The zero-order valence-electron chi connectivity index (χ0n) is 13.1. The van der Waals surface area contributed by atoms with Gasteiger partial charge in [0.1, 0.15) is 0 Å². The Labute approximate surface area is 140 Å². The fourth-order valence-corrected chi connectivity index (χ4v) is 3.72. The van der Waals surface area contributed by atoms with Gasteiger partial charge in [0.05, 0.1) is 5.69 Å². The summed E-state index contributed by atoms with van der Waals surface area (Å²) in [5, 5.41) is -0.741. The van der Waals surface area contributed by atoms with Gasteiger partial charge < -0.3 is 4.90 Å². The van der Waals surface area contributed by atoms with E-state index in [4.69, 9.17) is 0 Å². The number of hydrogen-bond acceptors (Lipinski definition) is 4. The summed E-state index contributed by atoms with van der Waals surface area (Å²) < 4.78 is 0. The predicted molar refractivity (Wildman–Crippen MR) is 94.9 cm³/mol. The number of amides is 2. The molecule has 0 N–H and O–H groups in total. The Morgan fingerprint density at radius 1 is 1.04 bits per heavy atom. The molecule has 1 aliphatic heterocycles. The molecule has 2 amide bonds. The number of para-hydroxylation sites is 1. The molecule has 1 heterocycles. The molecular formula is C18H18N2O2S. The van der Waals surface area contributed by atoms with E-state index in [1.807, 2.05) is 73.3 Å². The van der Waals surface area contributed by atoms with Crippen LogP contribution in [0.2, 0.25) is 0 Å². The third kappa shape index (κ3) is 2.97. The molecule has 0 spiro atoms. The molecule has 1 fully saturated rings. The Morgan fingerprint density at radius 2 is 1.70 bits per heavy atom. The number of carbonyl (C=O) groups excluding carboxylic acids is 2. The normalized spacial score (nSPS) is 17.7. The van der Waals surface area contributed by atoms with Gasteiger partial charge in [-0.3, -0.25) is 9.59 Å². The Morgan fingerprint density at radius 3 is 2.30 bits per heavy atom. The van der Waals surface area contributed by atoms with E-state index in [1.165, 1.54) is 4.90 Å². The van der Waals surface area contributed by atoms with Crippen molar-refractivity contribution in [1.29, 1.82) is 0 Å². The van der Waals surface area contributed by atoms with Crippen molar-refractivity contribution < 1.29 is 9.59 Å². The first-order chi connectivity index (χ1) is 11.1. The Balaban J connectivity index is 1.90. The summed E-state index contributed by atoms with van der Waals surface area (Å²) in [6.45, 7) is 4.62. The second-order valence-corrected chi connectivity index (χ2v) is 6.40. The molecule has 3 rings (SSSR count). The lowest BCUT2D eigenvalue weighted by Crippen LogP contribution is -2.41. The summed E-state index contributed by atoms with van der Waals surface area (Å²) >= 11 is 1.07. The zero-order valence-corrected chi connectivity index (χ0v) is 13.9. The van der Waals surface area contributed by atoms with Crippen molar-refractivity contribution in [2.24, 2.45) is 0 Å². The van der Waals surface area contributed by atoms with Crippen molar-refractivity contribution in [1.82, 2.24) is 0 Å². The van der Waals surface area contributed by atoms with E-state index in [0.717, 1.165) is 23.0 Å². The molecule has 1 saturated heterocycles. The highest BCUT2D eigenvalue weighted by atomic mass is 32.2. The average Bonchev–Trinajstić information content (AvgIpc) is 2.85. The molecule has 0 saturated carbocycles. The van der Waals surface area contributed by atoms with Crippen molar-refractivity contribution in [3.8, 4) is 0 Å². The molecule has 1 unspecified atom stereocenters. The number of hydrogen-bond donors (Lipinski definition) is 0. The molecule has 0 radical (unpaired) electrons. The first-order valence-electron chi connectivity index (χ1n) is 7.54. The van der Waals surface area contributed by atoms with Crippen LogP contribution in [0.5, 0.6) is 0 Å². The molecule has 5 heteroatoms. The third-order valence-corrected chi connectivity index (χ3v) is 4.89. The summed E-state index contributed by atoms with van der Waals surface area (Å²) in [7, 11) is 0. The van der Waals surface area contributed by atoms with Crippen LogP contribution in [0.4, 0.5) is 16.2 Å². The number of nitrogens with zero attached hydrogens (tertiary/aromatic N) is 2. The van der Waals surface area contributed by atoms with E-state index in [1.54, 1.807) is 0 Å². The van der Waals surface area contributed by atoms with E-state index in [-0.39, 0.29) is 11.1 Å².